The van der Waals surface area contributed by atoms with Gasteiger partial charge in [-0.25, -0.2) is 9.59 Å². The molecule has 3 atom stereocenters. The Hall–Kier alpha value is -2.75. The molecule has 0 aliphatic heterocycles. The Morgan fingerprint density at radius 2 is 1.84 bits per heavy atom. The van der Waals surface area contributed by atoms with E-state index in [1.165, 1.54) is 6.08 Å². The van der Waals surface area contributed by atoms with E-state index in [0.717, 1.165) is 19.3 Å². The van der Waals surface area contributed by atoms with Gasteiger partial charge in [-0.15, -0.1) is 31.3 Å². The molecule has 0 bridgehead atoms. The highest BCUT2D eigenvalue weighted by atomic mass is 16.5. The molecule has 5 nitrogen and oxygen atoms in total. The maximum Gasteiger partial charge on any atom is 0.404 e. The standard InChI is InChI=1S/C10H15NO2.C10H13NO/c1-3-6-9(2)7-4-5-8-13-10(11)12;1-4-6-9(3)7-10(5-2)11-8-12/h1,4-5,9H,6-8H2,2H3,(H2,11,12);1,5,9-10H,2,6-7H2,3H3/b5-4+;/t9-;9-,10?/m11/s1. The molecular weight excluding hydrogens is 316 g/mol. The summed E-state index contributed by atoms with van der Waals surface area (Å²) in [4.78, 5) is 23.6. The number of primary amides is 1. The second-order valence-electron chi connectivity index (χ2n) is 5.62. The number of carbonyl (C=O) groups is 1. The lowest BCUT2D eigenvalue weighted by Gasteiger charge is -2.09. The summed E-state index contributed by atoms with van der Waals surface area (Å²) in [6.45, 7) is 7.90. The second-order valence-corrected chi connectivity index (χ2v) is 5.62. The van der Waals surface area contributed by atoms with E-state index < -0.39 is 6.09 Å². The largest absolute Gasteiger partial charge is 0.445 e. The predicted molar refractivity (Wildman–Crippen MR) is 101 cm³/mol. The van der Waals surface area contributed by atoms with Crippen molar-refractivity contribution in [2.75, 3.05) is 6.61 Å². The fourth-order valence-electron chi connectivity index (χ4n) is 1.78. The zero-order valence-electron chi connectivity index (χ0n) is 15.1. The first-order valence-corrected chi connectivity index (χ1v) is 8.04. The van der Waals surface area contributed by atoms with Crippen LogP contribution in [0.5, 0.6) is 0 Å². The summed E-state index contributed by atoms with van der Waals surface area (Å²) in [6, 6.07) is -0.133. The number of hydrogen-bond donors (Lipinski definition) is 1. The smallest absolute Gasteiger partial charge is 0.404 e. The summed E-state index contributed by atoms with van der Waals surface area (Å²) >= 11 is 0. The number of isocyanates is 1. The average Bonchev–Trinajstić information content (AvgIpc) is 2.55. The van der Waals surface area contributed by atoms with Gasteiger partial charge >= 0.3 is 6.09 Å². The molecule has 0 saturated heterocycles. The van der Waals surface area contributed by atoms with Crippen LogP contribution in [-0.2, 0) is 9.53 Å². The number of nitrogens with zero attached hydrogens (tertiary/aromatic N) is 1. The van der Waals surface area contributed by atoms with Crippen molar-refractivity contribution >= 4 is 12.2 Å². The Balaban J connectivity index is 0. The summed E-state index contributed by atoms with van der Waals surface area (Å²) in [5.41, 5.74) is 4.76. The molecule has 0 aliphatic rings. The Labute approximate surface area is 151 Å². The van der Waals surface area contributed by atoms with Crippen LogP contribution in [0.3, 0.4) is 0 Å². The summed E-state index contributed by atoms with van der Waals surface area (Å²) < 4.78 is 4.50. The molecule has 0 rings (SSSR count). The topological polar surface area (TPSA) is 81.8 Å². The van der Waals surface area contributed by atoms with Crippen molar-refractivity contribution < 1.29 is 14.3 Å². The summed E-state index contributed by atoms with van der Waals surface area (Å²) in [5.74, 6) is 5.99. The maximum atomic E-state index is 10.1. The van der Waals surface area contributed by atoms with Crippen molar-refractivity contribution in [3.63, 3.8) is 0 Å². The maximum absolute atomic E-state index is 10.1. The third kappa shape index (κ3) is 19.2. The first kappa shape index (κ1) is 24.5. The average molecular weight is 344 g/mol. The molecule has 1 amide bonds. The minimum absolute atomic E-state index is 0.133. The van der Waals surface area contributed by atoms with Crippen molar-refractivity contribution in [3.05, 3.63) is 24.8 Å². The first-order valence-electron chi connectivity index (χ1n) is 8.04. The molecule has 25 heavy (non-hydrogen) atoms. The van der Waals surface area contributed by atoms with Crippen molar-refractivity contribution in [1.29, 1.82) is 0 Å². The zero-order chi connectivity index (χ0) is 19.5. The lowest BCUT2D eigenvalue weighted by atomic mass is 9.99. The lowest BCUT2D eigenvalue weighted by Crippen LogP contribution is -2.12. The lowest BCUT2D eigenvalue weighted by molar-refractivity contribution is 0.169. The molecule has 0 spiro atoms. The van der Waals surface area contributed by atoms with Gasteiger partial charge in [0, 0.05) is 12.8 Å². The molecule has 0 aromatic carbocycles. The molecule has 1 unspecified atom stereocenters. The van der Waals surface area contributed by atoms with Crippen LogP contribution in [-0.4, -0.2) is 24.8 Å². The van der Waals surface area contributed by atoms with Crippen molar-refractivity contribution in [2.24, 2.45) is 22.6 Å². The molecular formula is C20H28N2O3. The minimum atomic E-state index is -0.749. The van der Waals surface area contributed by atoms with Crippen LogP contribution in [0, 0.1) is 36.5 Å². The van der Waals surface area contributed by atoms with Crippen LogP contribution in [0.15, 0.2) is 29.8 Å². The monoisotopic (exact) mass is 344 g/mol. The van der Waals surface area contributed by atoms with E-state index in [9.17, 15) is 9.59 Å². The van der Waals surface area contributed by atoms with E-state index in [0.29, 0.717) is 18.3 Å². The van der Waals surface area contributed by atoms with E-state index >= 15 is 0 Å². The van der Waals surface area contributed by atoms with Crippen molar-refractivity contribution in [1.82, 2.24) is 0 Å². The zero-order valence-corrected chi connectivity index (χ0v) is 15.1. The Morgan fingerprint density at radius 1 is 1.24 bits per heavy atom. The quantitative estimate of drug-likeness (QED) is 0.284. The van der Waals surface area contributed by atoms with Crippen LogP contribution in [0.1, 0.15) is 39.5 Å². The fourth-order valence-corrected chi connectivity index (χ4v) is 1.78. The number of amides is 1. The predicted octanol–water partition coefficient (Wildman–Crippen LogP) is 3.61. The van der Waals surface area contributed by atoms with E-state index in [-0.39, 0.29) is 12.6 Å². The van der Waals surface area contributed by atoms with Gasteiger partial charge in [0.05, 0.1) is 6.04 Å². The Bertz CT molecular complexity index is 534. The molecule has 0 aromatic rings. The molecule has 5 heteroatoms. The van der Waals surface area contributed by atoms with Gasteiger partial charge in [-0.2, -0.15) is 4.99 Å². The number of aliphatic imine (C=N–C) groups is 1. The molecule has 0 aliphatic carbocycles. The van der Waals surface area contributed by atoms with Crippen LogP contribution < -0.4 is 5.73 Å². The number of ether oxygens (including phenoxy) is 1. The molecule has 2 N–H and O–H groups in total. The van der Waals surface area contributed by atoms with Gasteiger partial charge in [-0.05, 0) is 24.7 Å². The highest BCUT2D eigenvalue weighted by Crippen LogP contribution is 2.12. The van der Waals surface area contributed by atoms with E-state index in [1.54, 1.807) is 12.2 Å². The van der Waals surface area contributed by atoms with Crippen LogP contribution in [0.25, 0.3) is 0 Å². The Kier molecular flexibility index (Phi) is 17.3. The normalized spacial score (nSPS) is 13.0. The summed E-state index contributed by atoms with van der Waals surface area (Å²) in [6.07, 6.45) is 19.5. The van der Waals surface area contributed by atoms with Crippen LogP contribution >= 0.6 is 0 Å². The summed E-state index contributed by atoms with van der Waals surface area (Å²) in [5, 5.41) is 0. The molecule has 136 valence electrons. The number of terminal acetylenes is 2. The van der Waals surface area contributed by atoms with Gasteiger partial charge in [0.2, 0.25) is 6.08 Å². The highest BCUT2D eigenvalue weighted by Gasteiger charge is 2.07. The molecule has 0 radical (unpaired) electrons. The van der Waals surface area contributed by atoms with Gasteiger partial charge in [-0.3, -0.25) is 0 Å². The number of hydrogen-bond acceptors (Lipinski definition) is 4. The third-order valence-electron chi connectivity index (χ3n) is 3.09. The number of carbonyl (C=O) groups excluding carboxylic acids is 2. The van der Waals surface area contributed by atoms with E-state index in [4.69, 9.17) is 18.6 Å². The first-order chi connectivity index (χ1) is 11.9. The number of rotatable bonds is 10. The highest BCUT2D eigenvalue weighted by molar-refractivity contribution is 5.64. The Morgan fingerprint density at radius 3 is 2.32 bits per heavy atom. The molecule has 0 heterocycles. The molecule has 0 fully saturated rings. The summed E-state index contributed by atoms with van der Waals surface area (Å²) in [7, 11) is 0. The van der Waals surface area contributed by atoms with E-state index in [2.05, 4.69) is 35.1 Å². The van der Waals surface area contributed by atoms with Crippen LogP contribution in [0.2, 0.25) is 0 Å². The van der Waals surface area contributed by atoms with Gasteiger partial charge in [0.15, 0.2) is 0 Å². The SMILES string of the molecule is C#CC[C@@H](C)C/C=C/COC(N)=O.C#CC[C@@H](C)CC(C=C)N=C=O. The van der Waals surface area contributed by atoms with Crippen molar-refractivity contribution in [2.45, 2.75) is 45.6 Å². The van der Waals surface area contributed by atoms with Crippen LogP contribution in [0.4, 0.5) is 4.79 Å². The minimum Gasteiger partial charge on any atom is -0.445 e. The third-order valence-corrected chi connectivity index (χ3v) is 3.09. The number of allylic oxidation sites excluding steroid dienone is 1. The van der Waals surface area contributed by atoms with Gasteiger partial charge in [-0.1, -0.05) is 32.1 Å². The fraction of sp³-hybridized carbons (Fsp3) is 0.500. The number of nitrogens with two attached hydrogens (primary N) is 1. The van der Waals surface area contributed by atoms with Gasteiger partial charge in [0.25, 0.3) is 0 Å². The second kappa shape index (κ2) is 17.6. The van der Waals surface area contributed by atoms with Gasteiger partial charge in [0.1, 0.15) is 6.61 Å². The van der Waals surface area contributed by atoms with E-state index in [1.807, 2.05) is 13.0 Å². The van der Waals surface area contributed by atoms with Gasteiger partial charge < -0.3 is 10.5 Å². The van der Waals surface area contributed by atoms with Crippen molar-refractivity contribution in [3.8, 4) is 24.7 Å². The molecule has 0 saturated carbocycles. The molecule has 0 aromatic heterocycles.